The normalized spacial score (nSPS) is 14.5. The van der Waals surface area contributed by atoms with Crippen molar-refractivity contribution in [2.24, 2.45) is 0 Å². The molecule has 2 aromatic carbocycles. The molecule has 1 heterocycles. The molecule has 1 saturated heterocycles. The van der Waals surface area contributed by atoms with E-state index in [1.54, 1.807) is 48.5 Å². The van der Waals surface area contributed by atoms with Crippen molar-refractivity contribution >= 4 is 40.9 Å². The Bertz CT molecular complexity index is 836. The molecule has 134 valence electrons. The van der Waals surface area contributed by atoms with Crippen LogP contribution in [-0.4, -0.2) is 27.7 Å². The van der Waals surface area contributed by atoms with Gasteiger partial charge in [-0.3, -0.25) is 14.4 Å². The van der Waals surface area contributed by atoms with Crippen LogP contribution in [0.5, 0.6) is 0 Å². The summed E-state index contributed by atoms with van der Waals surface area (Å²) >= 11 is 12.1. The summed E-state index contributed by atoms with van der Waals surface area (Å²) < 4.78 is 0. The van der Waals surface area contributed by atoms with Gasteiger partial charge < -0.3 is 0 Å². The first-order chi connectivity index (χ1) is 12.5. The fourth-order valence-electron chi connectivity index (χ4n) is 2.78. The number of hydrogen-bond acceptors (Lipinski definition) is 3. The zero-order valence-corrected chi connectivity index (χ0v) is 15.3. The molecule has 1 aliphatic heterocycles. The van der Waals surface area contributed by atoms with Gasteiger partial charge in [-0.05, 0) is 36.2 Å². The maximum absolute atomic E-state index is 13.1. The zero-order valence-electron chi connectivity index (χ0n) is 13.8. The first-order valence-electron chi connectivity index (χ1n) is 8.14. The first kappa shape index (κ1) is 18.4. The molecule has 3 rings (SSSR count). The predicted octanol–water partition coefficient (Wildman–Crippen LogP) is 4.09. The van der Waals surface area contributed by atoms with Crippen molar-refractivity contribution in [3.05, 3.63) is 69.7 Å². The van der Waals surface area contributed by atoms with Gasteiger partial charge in [-0.1, -0.05) is 47.5 Å². The van der Waals surface area contributed by atoms with Crippen LogP contribution in [0.15, 0.2) is 48.5 Å². The maximum Gasteiger partial charge on any atom is 0.274 e. The highest BCUT2D eigenvalue weighted by molar-refractivity contribution is 6.33. The summed E-state index contributed by atoms with van der Waals surface area (Å²) in [7, 11) is 0. The van der Waals surface area contributed by atoms with Gasteiger partial charge in [0.15, 0.2) is 0 Å². The fourth-order valence-corrected chi connectivity index (χ4v) is 3.12. The van der Waals surface area contributed by atoms with E-state index in [0.29, 0.717) is 11.4 Å². The van der Waals surface area contributed by atoms with Crippen molar-refractivity contribution < 1.29 is 14.4 Å². The molecule has 0 N–H and O–H groups in total. The molecule has 0 bridgehead atoms. The smallest absolute Gasteiger partial charge is 0.273 e. The molecule has 0 unspecified atom stereocenters. The molecule has 26 heavy (non-hydrogen) atoms. The van der Waals surface area contributed by atoms with Gasteiger partial charge >= 0.3 is 0 Å². The van der Waals surface area contributed by atoms with E-state index in [2.05, 4.69) is 0 Å². The molecule has 0 aliphatic carbocycles. The number of halogens is 2. The molecule has 2 aromatic rings. The standard InChI is InChI=1S/C19H16Cl2N2O3/c20-14-10-8-13(9-11-14)12-22(23-17(24)6-3-7-18(23)25)19(26)15-4-1-2-5-16(15)21/h1-2,4-5,8-11H,3,6-7,12H2. The van der Waals surface area contributed by atoms with E-state index >= 15 is 0 Å². The number of imide groups is 1. The largest absolute Gasteiger partial charge is 0.274 e. The molecule has 3 amide bonds. The average molecular weight is 391 g/mol. The quantitative estimate of drug-likeness (QED) is 0.738. The van der Waals surface area contributed by atoms with Crippen LogP contribution in [0.25, 0.3) is 0 Å². The van der Waals surface area contributed by atoms with Gasteiger partial charge in [0.1, 0.15) is 0 Å². The lowest BCUT2D eigenvalue weighted by Gasteiger charge is -2.35. The van der Waals surface area contributed by atoms with Gasteiger partial charge in [0.2, 0.25) is 11.8 Å². The fraction of sp³-hybridized carbons (Fsp3) is 0.211. The molecule has 0 radical (unpaired) electrons. The summed E-state index contributed by atoms with van der Waals surface area (Å²) in [5.74, 6) is -1.29. The van der Waals surface area contributed by atoms with Crippen molar-refractivity contribution in [3.63, 3.8) is 0 Å². The third kappa shape index (κ3) is 3.89. The number of carbonyl (C=O) groups is 3. The van der Waals surface area contributed by atoms with Gasteiger partial charge in [-0.25, -0.2) is 5.01 Å². The number of hydrazine groups is 1. The Morgan fingerprint density at radius 1 is 0.962 bits per heavy atom. The summed E-state index contributed by atoms with van der Waals surface area (Å²) in [6.45, 7) is 0.0543. The van der Waals surface area contributed by atoms with Gasteiger partial charge in [0.25, 0.3) is 5.91 Å². The Hall–Kier alpha value is -2.37. The molecule has 1 fully saturated rings. The minimum absolute atomic E-state index is 0.0543. The first-order valence-corrected chi connectivity index (χ1v) is 8.89. The van der Waals surface area contributed by atoms with Crippen LogP contribution >= 0.6 is 23.2 Å². The highest BCUT2D eigenvalue weighted by Crippen LogP contribution is 2.23. The van der Waals surface area contributed by atoms with Gasteiger partial charge in [-0.15, -0.1) is 0 Å². The number of nitrogens with zero attached hydrogens (tertiary/aromatic N) is 2. The van der Waals surface area contributed by atoms with Gasteiger partial charge in [0.05, 0.1) is 17.1 Å². The molecule has 0 spiro atoms. The number of carbonyl (C=O) groups excluding carboxylic acids is 3. The number of rotatable bonds is 4. The van der Waals surface area contributed by atoms with Gasteiger partial charge in [0, 0.05) is 17.9 Å². The van der Waals surface area contributed by atoms with Crippen LogP contribution in [0.4, 0.5) is 0 Å². The van der Waals surface area contributed by atoms with E-state index < -0.39 is 17.7 Å². The summed E-state index contributed by atoms with van der Waals surface area (Å²) in [4.78, 5) is 37.8. The minimum Gasteiger partial charge on any atom is -0.273 e. The third-order valence-corrected chi connectivity index (χ3v) is 4.66. The molecule has 7 heteroatoms. The van der Waals surface area contributed by atoms with E-state index in [0.717, 1.165) is 15.6 Å². The maximum atomic E-state index is 13.1. The highest BCUT2D eigenvalue weighted by atomic mass is 35.5. The van der Waals surface area contributed by atoms with E-state index in [-0.39, 0.29) is 30.0 Å². The molecule has 0 saturated carbocycles. The summed E-state index contributed by atoms with van der Waals surface area (Å²) in [6.07, 6.45) is 0.931. The Labute approximate surface area is 161 Å². The minimum atomic E-state index is -0.505. The molecule has 5 nitrogen and oxygen atoms in total. The Morgan fingerprint density at radius 3 is 2.19 bits per heavy atom. The lowest BCUT2D eigenvalue weighted by Crippen LogP contribution is -2.54. The third-order valence-electron chi connectivity index (χ3n) is 4.08. The van der Waals surface area contributed by atoms with Crippen LogP contribution < -0.4 is 0 Å². The van der Waals surface area contributed by atoms with Crippen molar-refractivity contribution in [1.82, 2.24) is 10.0 Å². The summed E-state index contributed by atoms with van der Waals surface area (Å²) in [5, 5.41) is 2.93. The number of benzene rings is 2. The van der Waals surface area contributed by atoms with Crippen LogP contribution in [0.1, 0.15) is 35.2 Å². The van der Waals surface area contributed by atoms with Crippen LogP contribution in [0, 0.1) is 0 Å². The Balaban J connectivity index is 1.99. The Morgan fingerprint density at radius 2 is 1.58 bits per heavy atom. The zero-order chi connectivity index (χ0) is 18.7. The van der Waals surface area contributed by atoms with Gasteiger partial charge in [-0.2, -0.15) is 5.01 Å². The molecular formula is C19H16Cl2N2O3. The van der Waals surface area contributed by atoms with E-state index in [9.17, 15) is 14.4 Å². The van der Waals surface area contributed by atoms with Crippen molar-refractivity contribution in [2.75, 3.05) is 0 Å². The molecule has 1 aliphatic rings. The molecule has 0 atom stereocenters. The SMILES string of the molecule is O=C(c1ccccc1Cl)N(Cc1ccc(Cl)cc1)N1C(=O)CCCC1=O. The Kier molecular flexibility index (Phi) is 5.59. The monoisotopic (exact) mass is 390 g/mol. The predicted molar refractivity (Wildman–Crippen MR) is 98.5 cm³/mol. The van der Waals surface area contributed by atoms with Crippen LogP contribution in [0.2, 0.25) is 10.0 Å². The number of amides is 3. The van der Waals surface area contributed by atoms with Crippen molar-refractivity contribution in [3.8, 4) is 0 Å². The molecular weight excluding hydrogens is 375 g/mol. The average Bonchev–Trinajstić information content (AvgIpc) is 2.62. The topological polar surface area (TPSA) is 57.7 Å². The molecule has 0 aromatic heterocycles. The second-order valence-corrected chi connectivity index (χ2v) is 6.77. The van der Waals surface area contributed by atoms with Crippen LogP contribution in [-0.2, 0) is 16.1 Å². The van der Waals surface area contributed by atoms with Crippen molar-refractivity contribution in [1.29, 1.82) is 0 Å². The lowest BCUT2D eigenvalue weighted by atomic mass is 10.1. The number of hydrogen-bond donors (Lipinski definition) is 0. The summed E-state index contributed by atoms with van der Waals surface area (Å²) in [5.41, 5.74) is 0.968. The number of piperidine rings is 1. The second kappa shape index (κ2) is 7.89. The van der Waals surface area contributed by atoms with Crippen molar-refractivity contribution in [2.45, 2.75) is 25.8 Å². The highest BCUT2D eigenvalue weighted by Gasteiger charge is 2.35. The lowest BCUT2D eigenvalue weighted by molar-refractivity contribution is -0.164. The van der Waals surface area contributed by atoms with E-state index in [4.69, 9.17) is 23.2 Å². The van der Waals surface area contributed by atoms with E-state index in [1.165, 1.54) is 0 Å². The second-order valence-electron chi connectivity index (χ2n) is 5.92. The van der Waals surface area contributed by atoms with E-state index in [1.807, 2.05) is 0 Å². The summed E-state index contributed by atoms with van der Waals surface area (Å²) in [6, 6.07) is 13.4. The van der Waals surface area contributed by atoms with Crippen LogP contribution in [0.3, 0.4) is 0 Å².